The van der Waals surface area contributed by atoms with Crippen LogP contribution in [0.1, 0.15) is 33.6 Å². The van der Waals surface area contributed by atoms with Gasteiger partial charge in [-0.15, -0.1) is 0 Å². The van der Waals surface area contributed by atoms with Crippen LogP contribution in [0.5, 0.6) is 0 Å². The van der Waals surface area contributed by atoms with Crippen molar-refractivity contribution in [1.82, 2.24) is 0 Å². The van der Waals surface area contributed by atoms with E-state index in [0.29, 0.717) is 6.61 Å². The SMILES string of the molecule is CCC[C@@H](C)OP(C)(=S)OCC. The summed E-state index contributed by atoms with van der Waals surface area (Å²) in [6, 6.07) is 0. The van der Waals surface area contributed by atoms with Gasteiger partial charge in [0.05, 0.1) is 12.7 Å². The largest absolute Gasteiger partial charge is 0.330 e. The Labute approximate surface area is 80.8 Å². The van der Waals surface area contributed by atoms with Crippen molar-refractivity contribution in [2.24, 2.45) is 0 Å². The van der Waals surface area contributed by atoms with E-state index in [1.54, 1.807) is 0 Å². The van der Waals surface area contributed by atoms with E-state index in [0.717, 1.165) is 12.8 Å². The molecule has 0 heterocycles. The Hall–Kier alpha value is 0.570. The highest BCUT2D eigenvalue weighted by Crippen LogP contribution is 2.45. The molecular weight excluding hydrogens is 191 g/mol. The van der Waals surface area contributed by atoms with Gasteiger partial charge in [-0.05, 0) is 32.1 Å². The minimum Gasteiger partial charge on any atom is -0.330 e. The second-order valence-corrected chi connectivity index (χ2v) is 6.90. The van der Waals surface area contributed by atoms with Crippen LogP contribution in [0.15, 0.2) is 0 Å². The molecule has 0 fully saturated rings. The van der Waals surface area contributed by atoms with Crippen molar-refractivity contribution in [2.75, 3.05) is 13.3 Å². The average Bonchev–Trinajstić information content (AvgIpc) is 1.85. The first-order valence-electron chi connectivity index (χ1n) is 4.42. The highest BCUT2D eigenvalue weighted by Gasteiger charge is 2.14. The second-order valence-electron chi connectivity index (χ2n) is 2.89. The van der Waals surface area contributed by atoms with Gasteiger partial charge < -0.3 is 9.05 Å². The Morgan fingerprint density at radius 3 is 2.42 bits per heavy atom. The highest BCUT2D eigenvalue weighted by molar-refractivity contribution is 8.09. The smallest absolute Gasteiger partial charge is 0.185 e. The molecule has 0 aromatic carbocycles. The summed E-state index contributed by atoms with van der Waals surface area (Å²) in [4.78, 5) is 0. The summed E-state index contributed by atoms with van der Waals surface area (Å²) >= 11 is 5.20. The van der Waals surface area contributed by atoms with Crippen LogP contribution < -0.4 is 0 Å². The summed E-state index contributed by atoms with van der Waals surface area (Å²) in [6.07, 6.45) is 2.42. The fourth-order valence-corrected chi connectivity index (χ4v) is 3.10. The van der Waals surface area contributed by atoms with Crippen LogP contribution in [0.3, 0.4) is 0 Å². The predicted octanol–water partition coefficient (Wildman–Crippen LogP) is 3.17. The van der Waals surface area contributed by atoms with Gasteiger partial charge in [-0.1, -0.05) is 13.3 Å². The van der Waals surface area contributed by atoms with Gasteiger partial charge in [-0.2, -0.15) is 0 Å². The van der Waals surface area contributed by atoms with Gasteiger partial charge in [-0.25, -0.2) is 0 Å². The van der Waals surface area contributed by atoms with Gasteiger partial charge >= 0.3 is 0 Å². The molecular formula is C8H19O2PS. The molecule has 0 radical (unpaired) electrons. The molecule has 74 valence electrons. The van der Waals surface area contributed by atoms with E-state index in [4.69, 9.17) is 20.9 Å². The molecule has 0 aromatic rings. The lowest BCUT2D eigenvalue weighted by Gasteiger charge is -2.21. The second kappa shape index (κ2) is 6.09. The van der Waals surface area contributed by atoms with Gasteiger partial charge in [0, 0.05) is 6.66 Å². The zero-order valence-electron chi connectivity index (χ0n) is 8.37. The zero-order valence-corrected chi connectivity index (χ0v) is 10.1. The molecule has 2 atom stereocenters. The first kappa shape index (κ1) is 12.6. The summed E-state index contributed by atoms with van der Waals surface area (Å²) in [6.45, 7) is 6.72. The van der Waals surface area contributed by atoms with Crippen LogP contribution in [0.25, 0.3) is 0 Å². The molecule has 0 spiro atoms. The summed E-state index contributed by atoms with van der Waals surface area (Å²) in [5.74, 6) is 0. The van der Waals surface area contributed by atoms with E-state index in [1.807, 2.05) is 20.5 Å². The van der Waals surface area contributed by atoms with Gasteiger partial charge in [0.1, 0.15) is 0 Å². The number of hydrogen-bond acceptors (Lipinski definition) is 3. The van der Waals surface area contributed by atoms with Crippen molar-refractivity contribution in [2.45, 2.75) is 39.7 Å². The molecule has 1 unspecified atom stereocenters. The third kappa shape index (κ3) is 6.13. The average molecular weight is 210 g/mol. The molecule has 0 aliphatic heterocycles. The summed E-state index contributed by atoms with van der Waals surface area (Å²) in [7, 11) is 0. The van der Waals surface area contributed by atoms with Crippen molar-refractivity contribution < 1.29 is 9.05 Å². The number of rotatable bonds is 6. The third-order valence-electron chi connectivity index (χ3n) is 1.43. The quantitative estimate of drug-likeness (QED) is 0.627. The molecule has 0 aliphatic carbocycles. The maximum atomic E-state index is 5.62. The van der Waals surface area contributed by atoms with Crippen molar-refractivity contribution in [3.05, 3.63) is 0 Å². The predicted molar refractivity (Wildman–Crippen MR) is 57.3 cm³/mol. The third-order valence-corrected chi connectivity index (χ3v) is 3.47. The van der Waals surface area contributed by atoms with E-state index >= 15 is 0 Å². The van der Waals surface area contributed by atoms with E-state index in [1.165, 1.54) is 0 Å². The summed E-state index contributed by atoms with van der Waals surface area (Å²) in [5, 5.41) is 0. The van der Waals surface area contributed by atoms with Gasteiger partial charge in [0.25, 0.3) is 0 Å². The standard InChI is InChI=1S/C8H19O2PS/c1-5-7-8(3)10-11(4,12)9-6-2/h8H,5-7H2,1-4H3/t8-,11?/m1/s1. The zero-order chi connectivity index (χ0) is 9.61. The maximum Gasteiger partial charge on any atom is 0.185 e. The van der Waals surface area contributed by atoms with Crippen LogP contribution in [0, 0.1) is 0 Å². The molecule has 2 nitrogen and oxygen atoms in total. The number of hydrogen-bond donors (Lipinski definition) is 0. The highest BCUT2D eigenvalue weighted by atomic mass is 32.5. The Morgan fingerprint density at radius 2 is 2.00 bits per heavy atom. The van der Waals surface area contributed by atoms with Gasteiger partial charge in [-0.3, -0.25) is 0 Å². The Balaban J connectivity index is 3.79. The lowest BCUT2D eigenvalue weighted by Crippen LogP contribution is -2.06. The fourth-order valence-electron chi connectivity index (χ4n) is 1.05. The maximum absolute atomic E-state index is 5.62. The van der Waals surface area contributed by atoms with Crippen molar-refractivity contribution in [1.29, 1.82) is 0 Å². The van der Waals surface area contributed by atoms with Crippen molar-refractivity contribution in [3.8, 4) is 0 Å². The fraction of sp³-hybridized carbons (Fsp3) is 1.00. The van der Waals surface area contributed by atoms with E-state index in [-0.39, 0.29) is 6.10 Å². The molecule has 4 heteroatoms. The lowest BCUT2D eigenvalue weighted by molar-refractivity contribution is 0.188. The molecule has 0 aromatic heterocycles. The van der Waals surface area contributed by atoms with E-state index < -0.39 is 6.49 Å². The lowest BCUT2D eigenvalue weighted by atomic mass is 10.2. The summed E-state index contributed by atoms with van der Waals surface area (Å²) in [5.41, 5.74) is 0. The molecule has 12 heavy (non-hydrogen) atoms. The van der Waals surface area contributed by atoms with E-state index in [2.05, 4.69) is 6.92 Å². The first-order valence-corrected chi connectivity index (χ1v) is 7.50. The first-order chi connectivity index (χ1) is 5.52. The van der Waals surface area contributed by atoms with Gasteiger partial charge in [0.15, 0.2) is 6.49 Å². The molecule has 0 N–H and O–H groups in total. The molecule has 0 rings (SSSR count). The van der Waals surface area contributed by atoms with E-state index in [9.17, 15) is 0 Å². The summed E-state index contributed by atoms with van der Waals surface area (Å²) < 4.78 is 11.0. The van der Waals surface area contributed by atoms with Crippen LogP contribution in [0.2, 0.25) is 0 Å². The van der Waals surface area contributed by atoms with Gasteiger partial charge in [0.2, 0.25) is 0 Å². The molecule has 0 bridgehead atoms. The Kier molecular flexibility index (Phi) is 6.38. The van der Waals surface area contributed by atoms with Crippen molar-refractivity contribution in [3.63, 3.8) is 0 Å². The normalized spacial score (nSPS) is 18.7. The molecule has 0 saturated heterocycles. The van der Waals surface area contributed by atoms with Crippen LogP contribution >= 0.6 is 6.49 Å². The van der Waals surface area contributed by atoms with Crippen LogP contribution in [-0.2, 0) is 20.9 Å². The Bertz CT molecular complexity index is 161. The topological polar surface area (TPSA) is 18.5 Å². The molecule has 0 aliphatic rings. The van der Waals surface area contributed by atoms with Crippen LogP contribution in [-0.4, -0.2) is 19.4 Å². The monoisotopic (exact) mass is 210 g/mol. The minimum atomic E-state index is -1.95. The van der Waals surface area contributed by atoms with Crippen LogP contribution in [0.4, 0.5) is 0 Å². The minimum absolute atomic E-state index is 0.234. The molecule has 0 saturated carbocycles. The van der Waals surface area contributed by atoms with Crippen molar-refractivity contribution >= 4 is 18.3 Å². The Morgan fingerprint density at radius 1 is 1.42 bits per heavy atom. The molecule has 0 amide bonds.